The third-order valence-corrected chi connectivity index (χ3v) is 7.62. The van der Waals surface area contributed by atoms with E-state index >= 15 is 4.39 Å². The predicted octanol–water partition coefficient (Wildman–Crippen LogP) is 3.59. The minimum absolute atomic E-state index is 0.0374. The summed E-state index contributed by atoms with van der Waals surface area (Å²) in [4.78, 5) is 39.7. The topological polar surface area (TPSA) is 79.6 Å². The first-order chi connectivity index (χ1) is 14.3. The number of thioether (sulfide) groups is 1. The molecule has 0 saturated heterocycles. The number of carboxylic acid groups (broad SMARTS) is 1. The van der Waals surface area contributed by atoms with Crippen LogP contribution in [0.25, 0.3) is 10.9 Å². The highest BCUT2D eigenvalue weighted by Gasteiger charge is 2.33. The molecule has 1 aromatic carbocycles. The molecule has 0 bridgehead atoms. The Kier molecular flexibility index (Phi) is 4.50. The van der Waals surface area contributed by atoms with E-state index in [0.29, 0.717) is 30.7 Å². The van der Waals surface area contributed by atoms with Crippen LogP contribution in [-0.4, -0.2) is 40.3 Å². The Hall–Kier alpha value is -2.61. The van der Waals surface area contributed by atoms with Crippen molar-refractivity contribution in [3.8, 4) is 0 Å². The van der Waals surface area contributed by atoms with E-state index in [1.54, 1.807) is 22.4 Å². The molecule has 1 atom stereocenters. The van der Waals surface area contributed by atoms with Crippen LogP contribution in [0, 0.1) is 11.7 Å². The number of hydrogen-bond acceptors (Lipinski definition) is 5. The minimum Gasteiger partial charge on any atom is -0.477 e. The minimum atomic E-state index is -1.31. The molecule has 0 spiro atoms. The number of carbonyl (C=O) groups is 2. The molecular formula is C22H21FN2O4S. The summed E-state index contributed by atoms with van der Waals surface area (Å²) in [6.45, 7) is 2.87. The third-order valence-electron chi connectivity index (χ3n) is 6.16. The summed E-state index contributed by atoms with van der Waals surface area (Å²) in [6, 6.07) is 2.92. The quantitative estimate of drug-likeness (QED) is 0.805. The summed E-state index contributed by atoms with van der Waals surface area (Å²) in [6.07, 6.45) is 3.87. The normalized spacial score (nSPS) is 21.9. The molecule has 1 aromatic heterocycles. The molecule has 5 rings (SSSR count). The fourth-order valence-electron chi connectivity index (χ4n) is 4.33. The number of aromatic nitrogens is 1. The van der Waals surface area contributed by atoms with Crippen molar-refractivity contribution in [3.05, 3.63) is 50.4 Å². The molecule has 0 radical (unpaired) electrons. The van der Waals surface area contributed by atoms with Crippen molar-refractivity contribution in [2.45, 2.75) is 32.2 Å². The molecule has 1 aliphatic carbocycles. The maximum Gasteiger partial charge on any atom is 0.341 e. The number of halogens is 1. The van der Waals surface area contributed by atoms with Crippen molar-refractivity contribution < 1.29 is 19.1 Å². The zero-order valence-corrected chi connectivity index (χ0v) is 17.3. The number of carbonyl (C=O) groups excluding carboxylic acids is 1. The van der Waals surface area contributed by atoms with Crippen molar-refractivity contribution in [1.82, 2.24) is 4.57 Å². The second kappa shape index (κ2) is 6.97. The first-order valence-corrected chi connectivity index (χ1v) is 11.1. The predicted molar refractivity (Wildman–Crippen MR) is 114 cm³/mol. The van der Waals surface area contributed by atoms with E-state index in [0.717, 1.165) is 35.1 Å². The number of carboxylic acids is 1. The van der Waals surface area contributed by atoms with Crippen LogP contribution >= 0.6 is 11.8 Å². The molecule has 2 aromatic rings. The third kappa shape index (κ3) is 3.05. The SMILES string of the molecule is CC1CSC2=C(CN(c3cc4c(cc3F)c(=O)c(C(=O)O)cn4C3CC3)CC2)C1=O. The maximum absolute atomic E-state index is 15.1. The van der Waals surface area contributed by atoms with Gasteiger partial charge in [0.25, 0.3) is 0 Å². The van der Waals surface area contributed by atoms with E-state index in [4.69, 9.17) is 0 Å². The van der Waals surface area contributed by atoms with Crippen molar-refractivity contribution in [1.29, 1.82) is 0 Å². The highest BCUT2D eigenvalue weighted by atomic mass is 32.2. The molecule has 1 saturated carbocycles. The number of ketones is 1. The highest BCUT2D eigenvalue weighted by molar-refractivity contribution is 8.03. The molecule has 156 valence electrons. The van der Waals surface area contributed by atoms with Gasteiger partial charge in [-0.15, -0.1) is 11.8 Å². The van der Waals surface area contributed by atoms with Gasteiger partial charge in [0.2, 0.25) is 5.43 Å². The van der Waals surface area contributed by atoms with Gasteiger partial charge in [0.15, 0.2) is 5.78 Å². The summed E-state index contributed by atoms with van der Waals surface area (Å²) in [5, 5.41) is 9.46. The van der Waals surface area contributed by atoms with E-state index < -0.39 is 17.2 Å². The van der Waals surface area contributed by atoms with Gasteiger partial charge in [-0.25, -0.2) is 9.18 Å². The van der Waals surface area contributed by atoms with E-state index in [9.17, 15) is 19.5 Å². The van der Waals surface area contributed by atoms with Crippen LogP contribution in [0.1, 0.15) is 42.6 Å². The number of pyridine rings is 1. The van der Waals surface area contributed by atoms with Crippen molar-refractivity contribution in [3.63, 3.8) is 0 Å². The summed E-state index contributed by atoms with van der Waals surface area (Å²) in [5.41, 5.74) is 0.651. The standard InChI is InChI=1S/C22H21FN2O4S/c1-11-10-30-19-4-5-24(8-14(19)20(11)26)18-7-17-13(6-16(18)23)21(27)15(22(28)29)9-25(17)12-2-3-12/h6-7,9,11-12H,2-5,8,10H2,1H3,(H,28,29). The van der Waals surface area contributed by atoms with Gasteiger partial charge in [-0.3, -0.25) is 9.59 Å². The second-order valence-corrected chi connectivity index (χ2v) is 9.40. The second-order valence-electron chi connectivity index (χ2n) is 8.29. The van der Waals surface area contributed by atoms with Crippen LogP contribution in [0.5, 0.6) is 0 Å². The van der Waals surface area contributed by atoms with Crippen LogP contribution in [0.4, 0.5) is 10.1 Å². The van der Waals surface area contributed by atoms with Gasteiger partial charge >= 0.3 is 5.97 Å². The summed E-state index contributed by atoms with van der Waals surface area (Å²) < 4.78 is 16.9. The Bertz CT molecular complexity index is 1200. The number of fused-ring (bicyclic) bond motifs is 1. The number of Topliss-reactive ketones (excluding diaryl/α,β-unsaturated/α-hetero) is 1. The van der Waals surface area contributed by atoms with Crippen molar-refractivity contribution in [2.24, 2.45) is 5.92 Å². The van der Waals surface area contributed by atoms with Crippen LogP contribution in [0.3, 0.4) is 0 Å². The fraction of sp³-hybridized carbons (Fsp3) is 0.409. The average molecular weight is 428 g/mol. The Labute approximate surface area is 176 Å². The Morgan fingerprint density at radius 3 is 2.73 bits per heavy atom. The fourth-order valence-corrected chi connectivity index (χ4v) is 5.51. The molecule has 1 N–H and O–H groups in total. The lowest BCUT2D eigenvalue weighted by molar-refractivity contribution is -0.118. The maximum atomic E-state index is 15.1. The zero-order valence-electron chi connectivity index (χ0n) is 16.5. The molecule has 3 heterocycles. The van der Waals surface area contributed by atoms with Gasteiger partial charge in [0, 0.05) is 48.0 Å². The number of hydrogen-bond donors (Lipinski definition) is 1. The summed E-state index contributed by atoms with van der Waals surface area (Å²) >= 11 is 1.72. The molecule has 0 amide bonds. The van der Waals surface area contributed by atoms with E-state index in [2.05, 4.69) is 0 Å². The first kappa shape index (κ1) is 19.4. The Balaban J connectivity index is 1.62. The van der Waals surface area contributed by atoms with Gasteiger partial charge in [0.05, 0.1) is 11.2 Å². The van der Waals surface area contributed by atoms with Crippen molar-refractivity contribution in [2.75, 3.05) is 23.7 Å². The monoisotopic (exact) mass is 428 g/mol. The molecule has 3 aliphatic rings. The zero-order chi connectivity index (χ0) is 21.2. The van der Waals surface area contributed by atoms with Gasteiger partial charge in [-0.05, 0) is 36.3 Å². The largest absolute Gasteiger partial charge is 0.477 e. The van der Waals surface area contributed by atoms with E-state index in [-0.39, 0.29) is 28.7 Å². The molecular weight excluding hydrogens is 407 g/mol. The van der Waals surface area contributed by atoms with Gasteiger partial charge in [-0.2, -0.15) is 0 Å². The van der Waals surface area contributed by atoms with E-state index in [1.807, 2.05) is 11.8 Å². The van der Waals surface area contributed by atoms with Crippen molar-refractivity contribution >= 4 is 40.1 Å². The lowest BCUT2D eigenvalue weighted by Gasteiger charge is -2.35. The number of anilines is 1. The lowest BCUT2D eigenvalue weighted by atomic mass is 9.96. The Morgan fingerprint density at radius 1 is 1.27 bits per heavy atom. The number of rotatable bonds is 3. The molecule has 2 aliphatic heterocycles. The number of aromatic carboxylic acids is 1. The van der Waals surface area contributed by atoms with Gasteiger partial charge in [0.1, 0.15) is 11.4 Å². The smallest absolute Gasteiger partial charge is 0.341 e. The van der Waals surface area contributed by atoms with E-state index in [1.165, 1.54) is 6.20 Å². The Morgan fingerprint density at radius 2 is 2.03 bits per heavy atom. The van der Waals surface area contributed by atoms with Crippen LogP contribution in [0.2, 0.25) is 0 Å². The average Bonchev–Trinajstić information content (AvgIpc) is 3.56. The van der Waals surface area contributed by atoms with Crippen LogP contribution < -0.4 is 10.3 Å². The molecule has 1 unspecified atom stereocenters. The van der Waals surface area contributed by atoms with Crippen LogP contribution in [0.15, 0.2) is 33.6 Å². The number of nitrogens with zero attached hydrogens (tertiary/aromatic N) is 2. The van der Waals surface area contributed by atoms with Gasteiger partial charge < -0.3 is 14.6 Å². The lowest BCUT2D eigenvalue weighted by Crippen LogP contribution is -2.38. The molecule has 8 heteroatoms. The van der Waals surface area contributed by atoms with Gasteiger partial charge in [-0.1, -0.05) is 6.92 Å². The summed E-state index contributed by atoms with van der Waals surface area (Å²) in [7, 11) is 0. The highest BCUT2D eigenvalue weighted by Crippen LogP contribution is 2.40. The van der Waals surface area contributed by atoms with Crippen LogP contribution in [-0.2, 0) is 4.79 Å². The first-order valence-electron chi connectivity index (χ1n) is 10.1. The summed E-state index contributed by atoms with van der Waals surface area (Å²) in [5.74, 6) is -0.988. The molecule has 6 nitrogen and oxygen atoms in total. The molecule has 1 fully saturated rings. The molecule has 30 heavy (non-hydrogen) atoms. The number of benzene rings is 1.